The van der Waals surface area contributed by atoms with E-state index in [2.05, 4.69) is 25.1 Å². The maximum absolute atomic E-state index is 13.7. The third kappa shape index (κ3) is 6.11. The van der Waals surface area contributed by atoms with Crippen molar-refractivity contribution in [3.8, 4) is 5.75 Å². The Balaban J connectivity index is 1.26. The first-order chi connectivity index (χ1) is 17.8. The van der Waals surface area contributed by atoms with Crippen molar-refractivity contribution in [3.05, 3.63) is 84.3 Å². The molecule has 0 saturated carbocycles. The minimum absolute atomic E-state index is 0.183. The maximum Gasteiger partial charge on any atom is 0.416 e. The molecule has 1 fully saturated rings. The van der Waals surface area contributed by atoms with Crippen molar-refractivity contribution in [3.63, 3.8) is 0 Å². The number of rotatable bonds is 7. The molecule has 9 heteroatoms. The molecule has 0 bridgehead atoms. The Kier molecular flexibility index (Phi) is 7.14. The van der Waals surface area contributed by atoms with Crippen LogP contribution in [-0.2, 0) is 6.18 Å². The summed E-state index contributed by atoms with van der Waals surface area (Å²) in [5.74, 6) is 0.183. The topological polar surface area (TPSA) is 53.5 Å². The van der Waals surface area contributed by atoms with Gasteiger partial charge < -0.3 is 15.0 Å². The summed E-state index contributed by atoms with van der Waals surface area (Å²) in [7, 11) is 0. The molecular weight excluding hydrogens is 479 g/mol. The Morgan fingerprint density at radius 3 is 2.46 bits per heavy atom. The van der Waals surface area contributed by atoms with Gasteiger partial charge in [0, 0.05) is 79.3 Å². The second-order valence-corrected chi connectivity index (χ2v) is 9.08. The fraction of sp³-hybridized carbons (Fsp3) is 0.286. The molecule has 37 heavy (non-hydrogen) atoms. The average molecular weight is 508 g/mol. The molecule has 1 aliphatic rings. The molecule has 2 aromatic heterocycles. The zero-order chi connectivity index (χ0) is 25.8. The highest BCUT2D eigenvalue weighted by atomic mass is 19.4. The number of halogens is 3. The lowest BCUT2D eigenvalue weighted by Crippen LogP contribution is -2.47. The van der Waals surface area contributed by atoms with E-state index in [1.807, 2.05) is 49.4 Å². The molecule has 1 saturated heterocycles. The van der Waals surface area contributed by atoms with Gasteiger partial charge in [0.15, 0.2) is 0 Å². The van der Waals surface area contributed by atoms with Crippen LogP contribution in [0.25, 0.3) is 10.9 Å². The molecule has 4 aromatic rings. The fourth-order valence-electron chi connectivity index (χ4n) is 4.56. The largest absolute Gasteiger partial charge is 0.492 e. The van der Waals surface area contributed by atoms with E-state index < -0.39 is 11.7 Å². The summed E-state index contributed by atoms with van der Waals surface area (Å²) >= 11 is 0. The van der Waals surface area contributed by atoms with Crippen molar-refractivity contribution in [2.45, 2.75) is 13.1 Å². The summed E-state index contributed by atoms with van der Waals surface area (Å²) in [5, 5.41) is 3.99. The highest BCUT2D eigenvalue weighted by molar-refractivity contribution is 5.93. The minimum atomic E-state index is -4.49. The monoisotopic (exact) mass is 507 g/mol. The lowest BCUT2D eigenvalue weighted by Gasteiger charge is -2.35. The van der Waals surface area contributed by atoms with E-state index in [9.17, 15) is 13.2 Å². The summed E-state index contributed by atoms with van der Waals surface area (Å²) in [4.78, 5) is 13.1. The first kappa shape index (κ1) is 24.8. The molecule has 0 aliphatic carbocycles. The Morgan fingerprint density at radius 2 is 1.70 bits per heavy atom. The Morgan fingerprint density at radius 1 is 0.946 bits per heavy atom. The van der Waals surface area contributed by atoms with E-state index in [1.54, 1.807) is 18.5 Å². The van der Waals surface area contributed by atoms with E-state index >= 15 is 0 Å². The molecular formula is C28H28F3N5O. The number of hydrogen-bond acceptors (Lipinski definition) is 6. The number of para-hydroxylation sites is 1. The van der Waals surface area contributed by atoms with Gasteiger partial charge in [-0.2, -0.15) is 13.2 Å². The van der Waals surface area contributed by atoms with E-state index in [1.165, 1.54) is 0 Å². The summed E-state index contributed by atoms with van der Waals surface area (Å²) in [6, 6.07) is 17.1. The number of hydrogen-bond donors (Lipinski definition) is 1. The number of piperazine rings is 1. The molecule has 1 N–H and O–H groups in total. The van der Waals surface area contributed by atoms with Crippen molar-refractivity contribution in [2.24, 2.45) is 0 Å². The number of benzene rings is 2. The van der Waals surface area contributed by atoms with Gasteiger partial charge >= 0.3 is 6.18 Å². The number of aromatic nitrogens is 2. The van der Waals surface area contributed by atoms with Crippen LogP contribution in [0.3, 0.4) is 0 Å². The molecule has 3 heterocycles. The lowest BCUT2D eigenvalue weighted by molar-refractivity contribution is -0.137. The van der Waals surface area contributed by atoms with E-state index in [0.29, 0.717) is 24.5 Å². The molecule has 0 unspecified atom stereocenters. The zero-order valence-electron chi connectivity index (χ0n) is 20.5. The van der Waals surface area contributed by atoms with Crippen LogP contribution in [0.2, 0.25) is 0 Å². The van der Waals surface area contributed by atoms with Gasteiger partial charge in [-0.1, -0.05) is 18.2 Å². The number of alkyl halides is 3. The van der Waals surface area contributed by atoms with Crippen LogP contribution in [0, 0.1) is 6.92 Å². The van der Waals surface area contributed by atoms with Crippen molar-refractivity contribution in [1.29, 1.82) is 0 Å². The number of aryl methyl sites for hydroxylation is 1. The van der Waals surface area contributed by atoms with Crippen LogP contribution in [0.1, 0.15) is 11.3 Å². The van der Waals surface area contributed by atoms with Crippen molar-refractivity contribution >= 4 is 28.0 Å². The molecule has 5 rings (SSSR count). The molecule has 0 radical (unpaired) electrons. The van der Waals surface area contributed by atoms with Gasteiger partial charge in [-0.3, -0.25) is 14.9 Å². The van der Waals surface area contributed by atoms with Gasteiger partial charge in [-0.05, 0) is 43.3 Å². The smallest absolute Gasteiger partial charge is 0.416 e. The summed E-state index contributed by atoms with van der Waals surface area (Å²) in [5.41, 5.74) is 2.94. The zero-order valence-corrected chi connectivity index (χ0v) is 20.5. The number of nitrogens with zero attached hydrogens (tertiary/aromatic N) is 4. The van der Waals surface area contributed by atoms with Crippen LogP contribution < -0.4 is 15.0 Å². The quantitative estimate of drug-likeness (QED) is 0.336. The first-order valence-electron chi connectivity index (χ1n) is 12.2. The number of pyridine rings is 2. The van der Waals surface area contributed by atoms with Crippen molar-refractivity contribution < 1.29 is 17.9 Å². The third-order valence-electron chi connectivity index (χ3n) is 6.43. The summed E-state index contributed by atoms with van der Waals surface area (Å²) in [6.07, 6.45) is -0.923. The van der Waals surface area contributed by atoms with Gasteiger partial charge in [-0.15, -0.1) is 0 Å². The van der Waals surface area contributed by atoms with Crippen LogP contribution in [0.5, 0.6) is 5.75 Å². The summed E-state index contributed by atoms with van der Waals surface area (Å²) in [6.45, 7) is 6.26. The molecule has 0 amide bonds. The Labute approximate surface area is 213 Å². The average Bonchev–Trinajstić information content (AvgIpc) is 2.89. The number of anilines is 3. The van der Waals surface area contributed by atoms with Crippen molar-refractivity contribution in [1.82, 2.24) is 14.9 Å². The Bertz CT molecular complexity index is 1360. The van der Waals surface area contributed by atoms with Crippen LogP contribution in [-0.4, -0.2) is 54.2 Å². The van der Waals surface area contributed by atoms with Crippen molar-refractivity contribution in [2.75, 3.05) is 49.5 Å². The van der Waals surface area contributed by atoms with Crippen LogP contribution >= 0.6 is 0 Å². The van der Waals surface area contributed by atoms with Crippen LogP contribution in [0.15, 0.2) is 73.1 Å². The molecule has 0 spiro atoms. The number of ether oxygens (including phenoxy) is 1. The van der Waals surface area contributed by atoms with Gasteiger partial charge in [-0.25, -0.2) is 0 Å². The van der Waals surface area contributed by atoms with Gasteiger partial charge in [0.05, 0.1) is 11.1 Å². The minimum Gasteiger partial charge on any atom is -0.492 e. The summed E-state index contributed by atoms with van der Waals surface area (Å²) < 4.78 is 46.9. The maximum atomic E-state index is 13.7. The predicted octanol–water partition coefficient (Wildman–Crippen LogP) is 5.90. The molecule has 1 aliphatic heterocycles. The molecule has 6 nitrogen and oxygen atoms in total. The van der Waals surface area contributed by atoms with E-state index in [4.69, 9.17) is 4.74 Å². The highest BCUT2D eigenvalue weighted by Crippen LogP contribution is 2.36. The standard InChI is InChI=1S/C28H28F3N5O/c1-20-16-27(25-4-2-3-5-26(25)33-20)34-22-17-21(28(29,30)31)18-24(19-22)37-15-14-35-10-12-36(13-11-35)23-6-8-32-9-7-23/h2-9,16-19H,10-15H2,1H3,(H,33,34). The van der Waals surface area contributed by atoms with Gasteiger partial charge in [0.25, 0.3) is 0 Å². The molecule has 192 valence electrons. The van der Waals surface area contributed by atoms with E-state index in [-0.39, 0.29) is 5.75 Å². The molecule has 2 aromatic carbocycles. The normalized spacial score (nSPS) is 14.6. The van der Waals surface area contributed by atoms with Gasteiger partial charge in [0.2, 0.25) is 0 Å². The molecule has 0 atom stereocenters. The number of fused-ring (bicyclic) bond motifs is 1. The SMILES string of the molecule is Cc1cc(Nc2cc(OCCN3CCN(c4ccncc4)CC3)cc(C(F)(F)F)c2)c2ccccc2n1. The Hall–Kier alpha value is -3.85. The second kappa shape index (κ2) is 10.6. The lowest BCUT2D eigenvalue weighted by atomic mass is 10.1. The highest BCUT2D eigenvalue weighted by Gasteiger charge is 2.31. The van der Waals surface area contributed by atoms with Crippen LogP contribution in [0.4, 0.5) is 30.2 Å². The predicted molar refractivity (Wildman–Crippen MR) is 140 cm³/mol. The third-order valence-corrected chi connectivity index (χ3v) is 6.43. The van der Waals surface area contributed by atoms with Gasteiger partial charge in [0.1, 0.15) is 12.4 Å². The van der Waals surface area contributed by atoms with E-state index in [0.717, 1.165) is 60.6 Å². The fourth-order valence-corrected chi connectivity index (χ4v) is 4.56. The second-order valence-electron chi connectivity index (χ2n) is 9.08. The number of nitrogens with one attached hydrogen (secondary N) is 1. The first-order valence-corrected chi connectivity index (χ1v) is 12.2.